The molecule has 2 N–H and O–H groups in total. The number of hydrogen-bond acceptors (Lipinski definition) is 1. The normalized spacial score (nSPS) is 18.6. The molecule has 98 valence electrons. The molecule has 2 aromatic rings. The van der Waals surface area contributed by atoms with E-state index in [2.05, 4.69) is 16.0 Å². The summed E-state index contributed by atoms with van der Waals surface area (Å²) >= 11 is 5.04. The Bertz CT molecular complexity index is 651. The predicted octanol–water partition coefficient (Wildman–Crippen LogP) is 4.25. The first-order valence-corrected chi connectivity index (χ1v) is 6.86. The lowest BCUT2D eigenvalue weighted by atomic mass is 9.91. The lowest BCUT2D eigenvalue weighted by Crippen LogP contribution is -2.03. The molecular weight excluding hydrogens is 259 g/mol. The third-order valence-corrected chi connectivity index (χ3v) is 3.83. The molecule has 2 nitrogen and oxygen atoms in total. The highest BCUT2D eigenvalue weighted by molar-refractivity contribution is 7.71. The van der Waals surface area contributed by atoms with E-state index in [9.17, 15) is 4.39 Å². The molecule has 19 heavy (non-hydrogen) atoms. The van der Waals surface area contributed by atoms with E-state index in [1.54, 1.807) is 0 Å². The van der Waals surface area contributed by atoms with Gasteiger partial charge in [0.15, 0.2) is 4.77 Å². The van der Waals surface area contributed by atoms with Crippen molar-refractivity contribution in [1.82, 2.24) is 9.97 Å². The van der Waals surface area contributed by atoms with Crippen molar-refractivity contribution in [2.45, 2.75) is 19.3 Å². The molecule has 1 aliphatic rings. The molecule has 0 saturated heterocycles. The van der Waals surface area contributed by atoms with Gasteiger partial charge in [0.05, 0.1) is 0 Å². The molecule has 1 atom stereocenters. The van der Waals surface area contributed by atoms with Gasteiger partial charge in [-0.2, -0.15) is 0 Å². The van der Waals surface area contributed by atoms with Crippen molar-refractivity contribution in [3.8, 4) is 0 Å². The van der Waals surface area contributed by atoms with Gasteiger partial charge in [0.25, 0.3) is 0 Å². The van der Waals surface area contributed by atoms with Crippen LogP contribution in [0.2, 0.25) is 0 Å². The smallest absolute Gasteiger partial charge is 0.174 e. The monoisotopic (exact) mass is 274 g/mol. The number of aromatic amines is 2. The molecule has 0 fully saturated rings. The average molecular weight is 274 g/mol. The third kappa shape index (κ3) is 2.68. The molecule has 1 aliphatic carbocycles. The zero-order chi connectivity index (χ0) is 13.2. The molecule has 0 saturated carbocycles. The van der Waals surface area contributed by atoms with Crippen LogP contribution in [0.15, 0.2) is 36.5 Å². The minimum Gasteiger partial charge on any atom is -0.337 e. The maximum atomic E-state index is 13.0. The van der Waals surface area contributed by atoms with E-state index in [1.165, 1.54) is 17.7 Å². The van der Waals surface area contributed by atoms with Crippen LogP contribution < -0.4 is 0 Å². The summed E-state index contributed by atoms with van der Waals surface area (Å²) in [7, 11) is 0. The van der Waals surface area contributed by atoms with Crippen LogP contribution in [0.25, 0.3) is 5.57 Å². The number of nitrogens with one attached hydrogen (secondary N) is 2. The van der Waals surface area contributed by atoms with E-state index >= 15 is 0 Å². The van der Waals surface area contributed by atoms with E-state index < -0.39 is 0 Å². The van der Waals surface area contributed by atoms with Crippen LogP contribution in [0.1, 0.15) is 24.1 Å². The zero-order valence-electron chi connectivity index (χ0n) is 10.4. The number of allylic oxidation sites excluding steroid dienone is 2. The molecule has 1 aromatic carbocycles. The Kier molecular flexibility index (Phi) is 3.34. The van der Waals surface area contributed by atoms with Crippen molar-refractivity contribution in [3.63, 3.8) is 0 Å². The van der Waals surface area contributed by atoms with Crippen LogP contribution in [0.4, 0.5) is 4.39 Å². The van der Waals surface area contributed by atoms with E-state index in [1.807, 2.05) is 18.3 Å². The Labute approximate surface area is 116 Å². The quantitative estimate of drug-likeness (QED) is 0.806. The van der Waals surface area contributed by atoms with Crippen LogP contribution in [0.3, 0.4) is 0 Å². The Morgan fingerprint density at radius 3 is 2.74 bits per heavy atom. The van der Waals surface area contributed by atoms with Gasteiger partial charge in [-0.25, -0.2) is 4.39 Å². The first-order valence-electron chi connectivity index (χ1n) is 6.45. The first-order chi connectivity index (χ1) is 9.22. The van der Waals surface area contributed by atoms with Gasteiger partial charge in [0.2, 0.25) is 0 Å². The van der Waals surface area contributed by atoms with E-state index in [0.29, 0.717) is 10.7 Å². The van der Waals surface area contributed by atoms with E-state index in [-0.39, 0.29) is 5.82 Å². The predicted molar refractivity (Wildman–Crippen MR) is 76.8 cm³/mol. The summed E-state index contributed by atoms with van der Waals surface area (Å²) in [6, 6.07) is 6.77. The number of imidazole rings is 1. The molecule has 0 radical (unpaired) electrons. The fourth-order valence-electron chi connectivity index (χ4n) is 2.72. The van der Waals surface area contributed by atoms with Gasteiger partial charge < -0.3 is 9.97 Å². The molecule has 1 heterocycles. The minimum absolute atomic E-state index is 0.186. The minimum atomic E-state index is -0.186. The molecule has 1 aromatic heterocycles. The van der Waals surface area contributed by atoms with Crippen LogP contribution in [0, 0.1) is 16.5 Å². The van der Waals surface area contributed by atoms with Crippen molar-refractivity contribution in [3.05, 3.63) is 58.4 Å². The highest BCUT2D eigenvalue weighted by atomic mass is 32.1. The fraction of sp³-hybridized carbons (Fsp3) is 0.267. The number of halogens is 1. The van der Waals surface area contributed by atoms with Gasteiger partial charge in [-0.05, 0) is 60.7 Å². The van der Waals surface area contributed by atoms with Crippen molar-refractivity contribution in [2.24, 2.45) is 5.92 Å². The van der Waals surface area contributed by atoms with Crippen molar-refractivity contribution in [2.75, 3.05) is 0 Å². The highest BCUT2D eigenvalue weighted by Crippen LogP contribution is 2.35. The second kappa shape index (κ2) is 5.13. The number of benzene rings is 1. The maximum Gasteiger partial charge on any atom is 0.174 e. The summed E-state index contributed by atoms with van der Waals surface area (Å²) in [6.07, 6.45) is 7.36. The van der Waals surface area contributed by atoms with Crippen molar-refractivity contribution in [1.29, 1.82) is 0 Å². The lowest BCUT2D eigenvalue weighted by Gasteiger charge is -2.14. The lowest BCUT2D eigenvalue weighted by molar-refractivity contribution is 0.625. The number of rotatable bonds is 3. The maximum absolute atomic E-state index is 13.0. The van der Waals surface area contributed by atoms with Gasteiger partial charge in [-0.15, -0.1) is 0 Å². The molecule has 4 heteroatoms. The summed E-state index contributed by atoms with van der Waals surface area (Å²) < 4.78 is 13.6. The van der Waals surface area contributed by atoms with Crippen LogP contribution >= 0.6 is 12.2 Å². The number of hydrogen-bond donors (Lipinski definition) is 2. The highest BCUT2D eigenvalue weighted by Gasteiger charge is 2.21. The van der Waals surface area contributed by atoms with Crippen LogP contribution in [0.5, 0.6) is 0 Å². The molecule has 0 bridgehead atoms. The topological polar surface area (TPSA) is 31.6 Å². The summed E-state index contributed by atoms with van der Waals surface area (Å²) in [4.78, 5) is 6.15. The Balaban J connectivity index is 1.81. The average Bonchev–Trinajstić information content (AvgIpc) is 3.00. The summed E-state index contributed by atoms with van der Waals surface area (Å²) in [5.74, 6) is 0.292. The largest absolute Gasteiger partial charge is 0.337 e. The van der Waals surface area contributed by atoms with Gasteiger partial charge in [-0.3, -0.25) is 0 Å². The number of H-pyrrole nitrogens is 2. The molecule has 0 amide bonds. The molecule has 1 unspecified atom stereocenters. The Hall–Kier alpha value is -1.68. The Morgan fingerprint density at radius 1 is 1.26 bits per heavy atom. The standard InChI is InChI=1S/C15H15FN2S/c16-12-6-4-10(5-7-12)14-3-1-2-11(14)8-13-9-17-15(19)18-13/h3-7,9,11H,1-2,8H2,(H2,17,18,19). The molecule has 3 rings (SSSR count). The first kappa shape index (κ1) is 12.4. The van der Waals surface area contributed by atoms with E-state index in [4.69, 9.17) is 12.2 Å². The molecule has 0 spiro atoms. The van der Waals surface area contributed by atoms with Crippen molar-refractivity contribution >= 4 is 17.8 Å². The van der Waals surface area contributed by atoms with Gasteiger partial charge in [-0.1, -0.05) is 18.2 Å². The van der Waals surface area contributed by atoms with E-state index in [0.717, 1.165) is 30.5 Å². The van der Waals surface area contributed by atoms with Crippen LogP contribution in [-0.2, 0) is 6.42 Å². The fourth-order valence-corrected chi connectivity index (χ4v) is 2.91. The SMILES string of the molecule is Fc1ccc(C2=CCCC2Cc2c[nH]c(=S)[nH]2)cc1. The van der Waals surface area contributed by atoms with Crippen LogP contribution in [-0.4, -0.2) is 9.97 Å². The molecular formula is C15H15FN2S. The molecule has 0 aliphatic heterocycles. The Morgan fingerprint density at radius 2 is 2.05 bits per heavy atom. The third-order valence-electron chi connectivity index (χ3n) is 3.61. The summed E-state index contributed by atoms with van der Waals surface area (Å²) in [5.41, 5.74) is 3.57. The summed E-state index contributed by atoms with van der Waals surface area (Å²) in [5, 5.41) is 0. The number of aromatic nitrogens is 2. The van der Waals surface area contributed by atoms with Gasteiger partial charge in [0.1, 0.15) is 5.82 Å². The van der Waals surface area contributed by atoms with Gasteiger partial charge in [0, 0.05) is 11.9 Å². The zero-order valence-corrected chi connectivity index (χ0v) is 11.3. The second-order valence-electron chi connectivity index (χ2n) is 4.91. The van der Waals surface area contributed by atoms with Crippen molar-refractivity contribution < 1.29 is 4.39 Å². The van der Waals surface area contributed by atoms with Gasteiger partial charge >= 0.3 is 0 Å². The summed E-state index contributed by atoms with van der Waals surface area (Å²) in [6.45, 7) is 0. The second-order valence-corrected chi connectivity index (χ2v) is 5.32.